The molecule has 1 amide bonds. The predicted molar refractivity (Wildman–Crippen MR) is 117 cm³/mol. The average Bonchev–Trinajstić information content (AvgIpc) is 3.08. The van der Waals surface area contributed by atoms with Crippen molar-refractivity contribution in [2.45, 2.75) is 20.0 Å². The van der Waals surface area contributed by atoms with Crippen molar-refractivity contribution in [3.8, 4) is 11.3 Å². The third kappa shape index (κ3) is 3.83. The number of anilines is 2. The standard InChI is InChI=1S/C22H19ClFN5O2/c1-11-10-26-21(25)19-18(27-12(2)29(11)19)16-7-6-15(9-17(16)24)28-22(31)20(30)13-4-3-5-14(23)8-13/h3-10,20,30H,1-2H3,(H2,25,26)(H,28,31). The van der Waals surface area contributed by atoms with Crippen LogP contribution in [0, 0.1) is 19.7 Å². The molecule has 0 bridgehead atoms. The van der Waals surface area contributed by atoms with Gasteiger partial charge in [0.25, 0.3) is 5.91 Å². The van der Waals surface area contributed by atoms with Crippen LogP contribution in [0.5, 0.6) is 0 Å². The van der Waals surface area contributed by atoms with E-state index >= 15 is 0 Å². The van der Waals surface area contributed by atoms with E-state index in [0.29, 0.717) is 27.6 Å². The number of hydrogen-bond donors (Lipinski definition) is 3. The van der Waals surface area contributed by atoms with Gasteiger partial charge in [0.1, 0.15) is 28.7 Å². The molecular formula is C22H19ClFN5O2. The van der Waals surface area contributed by atoms with Gasteiger partial charge >= 0.3 is 0 Å². The molecule has 0 radical (unpaired) electrons. The third-order valence-electron chi connectivity index (χ3n) is 4.94. The van der Waals surface area contributed by atoms with Crippen molar-refractivity contribution in [1.82, 2.24) is 14.4 Å². The molecule has 0 fully saturated rings. The molecule has 0 saturated heterocycles. The molecule has 2 aromatic heterocycles. The van der Waals surface area contributed by atoms with Crippen LogP contribution >= 0.6 is 11.6 Å². The van der Waals surface area contributed by atoms with Crippen molar-refractivity contribution in [3.63, 3.8) is 0 Å². The Bertz CT molecular complexity index is 1320. The molecule has 9 heteroatoms. The van der Waals surface area contributed by atoms with E-state index in [9.17, 15) is 14.3 Å². The van der Waals surface area contributed by atoms with Crippen molar-refractivity contribution in [3.05, 3.63) is 76.6 Å². The minimum Gasteiger partial charge on any atom is -0.382 e. The van der Waals surface area contributed by atoms with Crippen molar-refractivity contribution in [2.24, 2.45) is 0 Å². The molecule has 158 valence electrons. The summed E-state index contributed by atoms with van der Waals surface area (Å²) in [7, 11) is 0. The summed E-state index contributed by atoms with van der Waals surface area (Å²) in [5.41, 5.74) is 8.48. The summed E-state index contributed by atoms with van der Waals surface area (Å²) in [6.07, 6.45) is 0.177. The summed E-state index contributed by atoms with van der Waals surface area (Å²) >= 11 is 5.90. The molecule has 0 spiro atoms. The van der Waals surface area contributed by atoms with Gasteiger partial charge in [0, 0.05) is 28.2 Å². The summed E-state index contributed by atoms with van der Waals surface area (Å²) < 4.78 is 16.8. The maximum atomic E-state index is 15.0. The number of hydrogen-bond acceptors (Lipinski definition) is 5. The van der Waals surface area contributed by atoms with E-state index in [2.05, 4.69) is 15.3 Å². The molecule has 2 aromatic carbocycles. The Morgan fingerprint density at radius 2 is 2.03 bits per heavy atom. The van der Waals surface area contributed by atoms with Gasteiger partial charge in [0.2, 0.25) is 0 Å². The highest BCUT2D eigenvalue weighted by Crippen LogP contribution is 2.32. The van der Waals surface area contributed by atoms with Gasteiger partial charge in [-0.15, -0.1) is 0 Å². The van der Waals surface area contributed by atoms with Crippen LogP contribution in [0.1, 0.15) is 23.2 Å². The molecular weight excluding hydrogens is 421 g/mol. The van der Waals surface area contributed by atoms with Crippen LogP contribution in [0.3, 0.4) is 0 Å². The fourth-order valence-corrected chi connectivity index (χ4v) is 3.69. The van der Waals surface area contributed by atoms with E-state index < -0.39 is 17.8 Å². The molecule has 0 saturated carbocycles. The summed E-state index contributed by atoms with van der Waals surface area (Å²) in [5.74, 6) is -0.418. The van der Waals surface area contributed by atoms with Gasteiger partial charge in [-0.2, -0.15) is 0 Å². The second kappa shape index (κ2) is 7.98. The zero-order valence-electron chi connectivity index (χ0n) is 16.7. The highest BCUT2D eigenvalue weighted by Gasteiger charge is 2.21. The minimum absolute atomic E-state index is 0.190. The van der Waals surface area contributed by atoms with Crippen LogP contribution in [-0.4, -0.2) is 25.4 Å². The lowest BCUT2D eigenvalue weighted by molar-refractivity contribution is -0.124. The summed E-state index contributed by atoms with van der Waals surface area (Å²) in [6.45, 7) is 3.66. The molecule has 0 aliphatic rings. The maximum Gasteiger partial charge on any atom is 0.257 e. The van der Waals surface area contributed by atoms with Crippen LogP contribution in [0.15, 0.2) is 48.7 Å². The summed E-state index contributed by atoms with van der Waals surface area (Å²) in [4.78, 5) is 21.0. The molecule has 1 atom stereocenters. The quantitative estimate of drug-likeness (QED) is 0.444. The van der Waals surface area contributed by atoms with Crippen molar-refractivity contribution in [2.75, 3.05) is 11.1 Å². The topological polar surface area (TPSA) is 106 Å². The zero-order chi connectivity index (χ0) is 22.3. The van der Waals surface area contributed by atoms with Gasteiger partial charge < -0.3 is 16.2 Å². The summed E-state index contributed by atoms with van der Waals surface area (Å²) in [6, 6.07) is 10.5. The minimum atomic E-state index is -1.45. The lowest BCUT2D eigenvalue weighted by Crippen LogP contribution is -2.20. The number of nitrogens with zero attached hydrogens (tertiary/aromatic N) is 3. The highest BCUT2D eigenvalue weighted by atomic mass is 35.5. The highest BCUT2D eigenvalue weighted by molar-refractivity contribution is 6.30. The number of fused-ring (bicyclic) bond motifs is 1. The second-order valence-corrected chi connectivity index (χ2v) is 7.55. The van der Waals surface area contributed by atoms with Crippen molar-refractivity contribution < 1.29 is 14.3 Å². The molecule has 2 heterocycles. The fraction of sp³-hybridized carbons (Fsp3) is 0.136. The van der Waals surface area contributed by atoms with E-state index in [0.717, 1.165) is 11.8 Å². The first kappa shape index (κ1) is 20.8. The lowest BCUT2D eigenvalue weighted by atomic mass is 10.1. The van der Waals surface area contributed by atoms with Gasteiger partial charge in [0.05, 0.1) is 0 Å². The Balaban J connectivity index is 1.65. The van der Waals surface area contributed by atoms with E-state index in [1.165, 1.54) is 18.2 Å². The van der Waals surface area contributed by atoms with Crippen LogP contribution < -0.4 is 11.1 Å². The monoisotopic (exact) mass is 439 g/mol. The van der Waals surface area contributed by atoms with E-state index in [1.807, 2.05) is 11.3 Å². The number of nitrogen functional groups attached to an aromatic ring is 1. The fourth-order valence-electron chi connectivity index (χ4n) is 3.49. The number of rotatable bonds is 4. The molecule has 4 rings (SSSR count). The number of nitrogens with two attached hydrogens (primary N) is 1. The Morgan fingerprint density at radius 3 is 2.74 bits per heavy atom. The number of imidazole rings is 1. The first-order chi connectivity index (χ1) is 14.8. The largest absolute Gasteiger partial charge is 0.382 e. The first-order valence-electron chi connectivity index (χ1n) is 9.40. The molecule has 31 heavy (non-hydrogen) atoms. The third-order valence-corrected chi connectivity index (χ3v) is 5.17. The smallest absolute Gasteiger partial charge is 0.257 e. The number of aromatic nitrogens is 3. The number of benzene rings is 2. The van der Waals surface area contributed by atoms with Gasteiger partial charge in [-0.3, -0.25) is 9.20 Å². The maximum absolute atomic E-state index is 15.0. The normalized spacial score (nSPS) is 12.2. The number of carbonyl (C=O) groups is 1. The van der Waals surface area contributed by atoms with Gasteiger partial charge in [-0.1, -0.05) is 23.7 Å². The van der Waals surface area contributed by atoms with Crippen LogP contribution in [0.4, 0.5) is 15.9 Å². The van der Waals surface area contributed by atoms with Crippen molar-refractivity contribution in [1.29, 1.82) is 0 Å². The lowest BCUT2D eigenvalue weighted by Gasteiger charge is -2.13. The van der Waals surface area contributed by atoms with Crippen molar-refractivity contribution >= 4 is 34.5 Å². The molecule has 4 N–H and O–H groups in total. The van der Waals surface area contributed by atoms with Crippen LogP contribution in [0.2, 0.25) is 5.02 Å². The Labute approximate surface area is 182 Å². The van der Waals surface area contributed by atoms with Crippen LogP contribution in [0.25, 0.3) is 16.8 Å². The number of aryl methyl sites for hydroxylation is 2. The second-order valence-electron chi connectivity index (χ2n) is 7.12. The number of nitrogens with one attached hydrogen (secondary N) is 1. The van der Waals surface area contributed by atoms with Crippen LogP contribution in [-0.2, 0) is 4.79 Å². The Morgan fingerprint density at radius 1 is 1.26 bits per heavy atom. The van der Waals surface area contributed by atoms with E-state index in [-0.39, 0.29) is 17.1 Å². The Hall–Kier alpha value is -3.49. The number of aliphatic hydroxyl groups is 1. The van der Waals surface area contributed by atoms with Gasteiger partial charge in [-0.25, -0.2) is 14.4 Å². The van der Waals surface area contributed by atoms with E-state index in [1.54, 1.807) is 31.3 Å². The zero-order valence-corrected chi connectivity index (χ0v) is 17.5. The van der Waals surface area contributed by atoms with Gasteiger partial charge in [-0.05, 0) is 49.7 Å². The number of halogens is 2. The van der Waals surface area contributed by atoms with Gasteiger partial charge in [0.15, 0.2) is 6.10 Å². The Kier molecular flexibility index (Phi) is 5.34. The predicted octanol–water partition coefficient (Wildman–Crippen LogP) is 4.06. The molecule has 0 aliphatic heterocycles. The molecule has 4 aromatic rings. The number of amides is 1. The number of carbonyl (C=O) groups excluding carboxylic acids is 1. The first-order valence-corrected chi connectivity index (χ1v) is 9.78. The molecule has 1 unspecified atom stereocenters. The number of aliphatic hydroxyl groups excluding tert-OH is 1. The molecule has 7 nitrogen and oxygen atoms in total. The molecule has 0 aliphatic carbocycles. The SMILES string of the molecule is Cc1cnc(N)c2c(-c3ccc(NC(=O)C(O)c4cccc(Cl)c4)cc3F)nc(C)n12. The van der Waals surface area contributed by atoms with E-state index in [4.69, 9.17) is 17.3 Å². The average molecular weight is 440 g/mol. The summed E-state index contributed by atoms with van der Waals surface area (Å²) in [5, 5.41) is 13.2.